The fourth-order valence-corrected chi connectivity index (χ4v) is 4.16. The Morgan fingerprint density at radius 1 is 1.04 bits per heavy atom. The average molecular weight is 358 g/mol. The molecule has 0 aliphatic heterocycles. The molecule has 1 amide bonds. The number of benzene rings is 1. The molecule has 1 aromatic carbocycles. The first kappa shape index (κ1) is 16.9. The Labute approximate surface area is 149 Å². The molecule has 3 aromatic rings. The predicted molar refractivity (Wildman–Crippen MR) is 99.3 cm³/mol. The SMILES string of the molecule is O=C(CCc1ccccc1)NCc1ccc(C(O)c2cccs2)s1. The topological polar surface area (TPSA) is 49.3 Å². The van der Waals surface area contributed by atoms with Gasteiger partial charge >= 0.3 is 0 Å². The minimum Gasteiger partial charge on any atom is -0.382 e. The summed E-state index contributed by atoms with van der Waals surface area (Å²) in [6.45, 7) is 0.509. The molecule has 0 spiro atoms. The highest BCUT2D eigenvalue weighted by molar-refractivity contribution is 7.12. The van der Waals surface area contributed by atoms with Gasteiger partial charge in [0.05, 0.1) is 6.54 Å². The molecular weight excluding hydrogens is 338 g/mol. The van der Waals surface area contributed by atoms with Crippen LogP contribution in [0.2, 0.25) is 0 Å². The van der Waals surface area contributed by atoms with Gasteiger partial charge in [-0.15, -0.1) is 22.7 Å². The van der Waals surface area contributed by atoms with E-state index < -0.39 is 6.10 Å². The van der Waals surface area contributed by atoms with Gasteiger partial charge in [-0.05, 0) is 35.6 Å². The van der Waals surface area contributed by atoms with E-state index >= 15 is 0 Å². The number of amides is 1. The third kappa shape index (κ3) is 4.54. The number of hydrogen-bond donors (Lipinski definition) is 2. The van der Waals surface area contributed by atoms with Gasteiger partial charge in [0.2, 0.25) is 5.91 Å². The Hall–Kier alpha value is -1.95. The summed E-state index contributed by atoms with van der Waals surface area (Å²) in [7, 11) is 0. The molecule has 0 saturated heterocycles. The fourth-order valence-electron chi connectivity index (χ4n) is 2.40. The van der Waals surface area contributed by atoms with Gasteiger partial charge in [0.15, 0.2) is 0 Å². The molecular formula is C19H19NO2S2. The molecule has 2 aromatic heterocycles. The second-order valence-corrected chi connectivity index (χ2v) is 7.66. The smallest absolute Gasteiger partial charge is 0.220 e. The Morgan fingerprint density at radius 3 is 2.62 bits per heavy atom. The number of thiophene rings is 2. The lowest BCUT2D eigenvalue weighted by molar-refractivity contribution is -0.121. The molecule has 0 saturated carbocycles. The Morgan fingerprint density at radius 2 is 1.88 bits per heavy atom. The summed E-state index contributed by atoms with van der Waals surface area (Å²) in [5.74, 6) is 0.0487. The monoisotopic (exact) mass is 357 g/mol. The minimum atomic E-state index is -0.572. The molecule has 2 heterocycles. The Kier molecular flexibility index (Phi) is 5.80. The van der Waals surface area contributed by atoms with Crippen LogP contribution in [0.3, 0.4) is 0 Å². The molecule has 3 nitrogen and oxygen atoms in total. The maximum Gasteiger partial charge on any atom is 0.220 e. The van der Waals surface area contributed by atoms with Crippen LogP contribution < -0.4 is 5.32 Å². The highest BCUT2D eigenvalue weighted by Gasteiger charge is 2.14. The van der Waals surface area contributed by atoms with Crippen molar-refractivity contribution in [3.8, 4) is 0 Å². The number of hydrogen-bond acceptors (Lipinski definition) is 4. The van der Waals surface area contributed by atoms with Crippen LogP contribution in [0.1, 0.15) is 32.7 Å². The van der Waals surface area contributed by atoms with Crippen molar-refractivity contribution in [3.63, 3.8) is 0 Å². The van der Waals surface area contributed by atoms with Crippen molar-refractivity contribution in [2.24, 2.45) is 0 Å². The minimum absolute atomic E-state index is 0.0487. The molecule has 0 fully saturated rings. The Balaban J connectivity index is 1.47. The number of nitrogens with one attached hydrogen (secondary N) is 1. The molecule has 24 heavy (non-hydrogen) atoms. The third-order valence-electron chi connectivity index (χ3n) is 3.71. The number of carbonyl (C=O) groups excluding carboxylic acids is 1. The predicted octanol–water partition coefficient (Wildman–Crippen LogP) is 4.14. The van der Waals surface area contributed by atoms with Crippen molar-refractivity contribution in [2.75, 3.05) is 0 Å². The van der Waals surface area contributed by atoms with Crippen molar-refractivity contribution in [2.45, 2.75) is 25.5 Å². The first-order chi connectivity index (χ1) is 11.7. The standard InChI is InChI=1S/C19H19NO2S2/c21-18(11-8-14-5-2-1-3-6-14)20-13-15-9-10-17(24-15)19(22)16-7-4-12-23-16/h1-7,9-10,12,19,22H,8,11,13H2,(H,20,21). The van der Waals surface area contributed by atoms with Gasteiger partial charge in [-0.1, -0.05) is 36.4 Å². The summed E-state index contributed by atoms with van der Waals surface area (Å²) in [6.07, 6.45) is 0.664. The quantitative estimate of drug-likeness (QED) is 0.668. The van der Waals surface area contributed by atoms with Crippen LogP contribution in [0.15, 0.2) is 60.0 Å². The van der Waals surface area contributed by atoms with Crippen LogP contribution in [-0.2, 0) is 17.8 Å². The highest BCUT2D eigenvalue weighted by Crippen LogP contribution is 2.30. The number of aliphatic hydroxyl groups excluding tert-OH is 1. The van der Waals surface area contributed by atoms with Gasteiger partial charge in [0.1, 0.15) is 6.10 Å². The molecule has 1 unspecified atom stereocenters. The van der Waals surface area contributed by atoms with E-state index in [9.17, 15) is 9.90 Å². The van der Waals surface area contributed by atoms with E-state index in [1.807, 2.05) is 60.0 Å². The Bertz CT molecular complexity index is 766. The molecule has 1 atom stereocenters. The van der Waals surface area contributed by atoms with Crippen LogP contribution in [0.25, 0.3) is 0 Å². The zero-order valence-electron chi connectivity index (χ0n) is 13.1. The molecule has 5 heteroatoms. The van der Waals surface area contributed by atoms with Gasteiger partial charge in [-0.3, -0.25) is 4.79 Å². The van der Waals surface area contributed by atoms with E-state index in [-0.39, 0.29) is 5.91 Å². The second-order valence-electron chi connectivity index (χ2n) is 5.48. The summed E-state index contributed by atoms with van der Waals surface area (Å²) in [5.41, 5.74) is 1.17. The van der Waals surface area contributed by atoms with Crippen LogP contribution >= 0.6 is 22.7 Å². The maximum atomic E-state index is 12.0. The van der Waals surface area contributed by atoms with Gasteiger partial charge in [-0.25, -0.2) is 0 Å². The molecule has 2 N–H and O–H groups in total. The van der Waals surface area contributed by atoms with Gasteiger partial charge in [0, 0.05) is 21.1 Å². The number of carbonyl (C=O) groups is 1. The fraction of sp³-hybridized carbons (Fsp3) is 0.211. The van der Waals surface area contributed by atoms with E-state index in [0.717, 1.165) is 21.1 Å². The number of rotatable bonds is 7. The van der Waals surface area contributed by atoms with Crippen LogP contribution in [0.5, 0.6) is 0 Å². The van der Waals surface area contributed by atoms with Crippen LogP contribution in [0.4, 0.5) is 0 Å². The normalized spacial score (nSPS) is 12.0. The summed E-state index contributed by atoms with van der Waals surface area (Å²) >= 11 is 3.08. The third-order valence-corrected chi connectivity index (χ3v) is 5.77. The van der Waals surface area contributed by atoms with Gasteiger partial charge < -0.3 is 10.4 Å². The lowest BCUT2D eigenvalue weighted by atomic mass is 10.1. The molecule has 3 rings (SSSR count). The van der Waals surface area contributed by atoms with E-state index in [2.05, 4.69) is 5.32 Å². The van der Waals surface area contributed by atoms with Crippen LogP contribution in [0, 0.1) is 0 Å². The first-order valence-electron chi connectivity index (χ1n) is 7.83. The van der Waals surface area contributed by atoms with E-state index in [1.54, 1.807) is 11.3 Å². The van der Waals surface area contributed by atoms with Crippen molar-refractivity contribution < 1.29 is 9.90 Å². The van der Waals surface area contributed by atoms with Gasteiger partial charge in [-0.2, -0.15) is 0 Å². The van der Waals surface area contributed by atoms with E-state index in [1.165, 1.54) is 16.9 Å². The first-order valence-corrected chi connectivity index (χ1v) is 9.52. The summed E-state index contributed by atoms with van der Waals surface area (Å²) in [6, 6.07) is 17.8. The number of aliphatic hydroxyl groups is 1. The van der Waals surface area contributed by atoms with Crippen LogP contribution in [-0.4, -0.2) is 11.0 Å². The second kappa shape index (κ2) is 8.24. The molecule has 0 aliphatic carbocycles. The van der Waals surface area contributed by atoms with Crippen molar-refractivity contribution in [1.29, 1.82) is 0 Å². The summed E-state index contributed by atoms with van der Waals surface area (Å²) in [5, 5.41) is 15.2. The molecule has 0 radical (unpaired) electrons. The average Bonchev–Trinajstić information content (AvgIpc) is 3.30. The van der Waals surface area contributed by atoms with Crippen molar-refractivity contribution >= 4 is 28.6 Å². The largest absolute Gasteiger partial charge is 0.382 e. The highest BCUT2D eigenvalue weighted by atomic mass is 32.1. The van der Waals surface area contributed by atoms with Crippen molar-refractivity contribution in [1.82, 2.24) is 5.32 Å². The zero-order chi connectivity index (χ0) is 16.8. The maximum absolute atomic E-state index is 12.0. The van der Waals surface area contributed by atoms with Crippen molar-refractivity contribution in [3.05, 3.63) is 80.2 Å². The molecule has 0 bridgehead atoms. The van der Waals surface area contributed by atoms with Gasteiger partial charge in [0.25, 0.3) is 0 Å². The zero-order valence-corrected chi connectivity index (χ0v) is 14.8. The lowest BCUT2D eigenvalue weighted by Crippen LogP contribution is -2.22. The molecule has 0 aliphatic rings. The lowest BCUT2D eigenvalue weighted by Gasteiger charge is -2.05. The number of aryl methyl sites for hydroxylation is 1. The summed E-state index contributed by atoms with van der Waals surface area (Å²) < 4.78 is 0. The van der Waals surface area contributed by atoms with E-state index in [4.69, 9.17) is 0 Å². The summed E-state index contributed by atoms with van der Waals surface area (Å²) in [4.78, 5) is 14.9. The van der Waals surface area contributed by atoms with E-state index in [0.29, 0.717) is 13.0 Å². The molecule has 124 valence electrons.